The Morgan fingerprint density at radius 1 is 0.939 bits per heavy atom. The van der Waals surface area contributed by atoms with E-state index < -0.39 is 0 Å². The summed E-state index contributed by atoms with van der Waals surface area (Å²) in [6, 6.07) is 19.8. The molecule has 3 aromatic heterocycles. The molecular formula is C36H35ClN8O4. The number of phenolic OH excluding ortho intramolecular Hbond substituents is 1. The van der Waals surface area contributed by atoms with Crippen molar-refractivity contribution in [3.8, 4) is 17.0 Å². The average Bonchev–Trinajstić information content (AvgIpc) is 3.48. The minimum atomic E-state index is -0.196. The summed E-state index contributed by atoms with van der Waals surface area (Å²) in [5.74, 6) is 0.917. The monoisotopic (exact) mass is 678 g/mol. The molecule has 0 spiro atoms. The van der Waals surface area contributed by atoms with Gasteiger partial charge in [-0.15, -0.1) is 0 Å². The van der Waals surface area contributed by atoms with Crippen LogP contribution in [0.1, 0.15) is 36.2 Å². The third kappa shape index (κ3) is 6.70. The maximum absolute atomic E-state index is 14.5. The molecule has 3 N–H and O–H groups in total. The van der Waals surface area contributed by atoms with E-state index in [1.54, 1.807) is 33.5 Å². The molecule has 7 rings (SSSR count). The summed E-state index contributed by atoms with van der Waals surface area (Å²) in [4.78, 5) is 42.8. The number of halogens is 1. The van der Waals surface area contributed by atoms with Gasteiger partial charge >= 0.3 is 0 Å². The fourth-order valence-corrected chi connectivity index (χ4v) is 6.56. The molecule has 0 atom stereocenters. The van der Waals surface area contributed by atoms with E-state index in [1.807, 2.05) is 47.4 Å². The number of nitrogens with zero attached hydrogens (tertiary/aromatic N) is 7. The number of carbonyl (C=O) groups excluding carboxylic acids is 1. The topological polar surface area (TPSA) is 154 Å². The second-order valence-electron chi connectivity index (χ2n) is 12.0. The van der Waals surface area contributed by atoms with Gasteiger partial charge in [0.25, 0.3) is 5.56 Å². The van der Waals surface area contributed by atoms with Crippen LogP contribution in [-0.4, -0.2) is 71.5 Å². The van der Waals surface area contributed by atoms with E-state index in [0.29, 0.717) is 89.6 Å². The van der Waals surface area contributed by atoms with E-state index in [2.05, 4.69) is 9.97 Å². The number of amides is 1. The SMILES string of the molecule is Nc1ncnc2c1c(-c1cccc(O)c1)nn2Cc1nc2cccc(CCCCC(=O)N3CCOCC3)c2c(=O)n1Cc1ccccc1Cl. The van der Waals surface area contributed by atoms with Crippen LogP contribution in [0.3, 0.4) is 0 Å². The largest absolute Gasteiger partial charge is 0.508 e. The minimum Gasteiger partial charge on any atom is -0.508 e. The van der Waals surface area contributed by atoms with Crippen molar-refractivity contribution < 1.29 is 14.6 Å². The van der Waals surface area contributed by atoms with E-state index in [4.69, 9.17) is 32.2 Å². The molecule has 250 valence electrons. The number of aromatic hydroxyl groups is 1. The van der Waals surface area contributed by atoms with Gasteiger partial charge in [-0.3, -0.25) is 14.2 Å². The molecule has 0 unspecified atom stereocenters. The second-order valence-corrected chi connectivity index (χ2v) is 12.4. The Hall–Kier alpha value is -5.33. The molecule has 1 amide bonds. The molecule has 0 radical (unpaired) electrons. The Morgan fingerprint density at radius 3 is 2.55 bits per heavy atom. The Bertz CT molecular complexity index is 2230. The van der Waals surface area contributed by atoms with E-state index in [-0.39, 0.29) is 36.1 Å². The highest BCUT2D eigenvalue weighted by molar-refractivity contribution is 6.31. The zero-order chi connectivity index (χ0) is 33.9. The summed E-state index contributed by atoms with van der Waals surface area (Å²) < 4.78 is 8.66. The van der Waals surface area contributed by atoms with Crippen LogP contribution in [0.5, 0.6) is 5.75 Å². The molecular weight excluding hydrogens is 644 g/mol. The van der Waals surface area contributed by atoms with Gasteiger partial charge in [-0.05, 0) is 54.7 Å². The predicted molar refractivity (Wildman–Crippen MR) is 187 cm³/mol. The average molecular weight is 679 g/mol. The van der Waals surface area contributed by atoms with Crippen LogP contribution in [0.4, 0.5) is 5.82 Å². The zero-order valence-corrected chi connectivity index (χ0v) is 27.5. The van der Waals surface area contributed by atoms with Crippen LogP contribution in [0.15, 0.2) is 77.9 Å². The fraction of sp³-hybridized carbons (Fsp3) is 0.278. The Balaban J connectivity index is 1.26. The smallest absolute Gasteiger partial charge is 0.262 e. The highest BCUT2D eigenvalue weighted by atomic mass is 35.5. The number of nitrogens with two attached hydrogens (primary N) is 1. The summed E-state index contributed by atoms with van der Waals surface area (Å²) in [5, 5.41) is 16.6. The predicted octanol–water partition coefficient (Wildman–Crippen LogP) is 4.81. The van der Waals surface area contributed by atoms with Gasteiger partial charge in [0.05, 0.1) is 36.0 Å². The van der Waals surface area contributed by atoms with Crippen LogP contribution >= 0.6 is 11.6 Å². The molecule has 13 heteroatoms. The fourth-order valence-electron chi connectivity index (χ4n) is 6.36. The summed E-state index contributed by atoms with van der Waals surface area (Å²) in [5.41, 5.74) is 9.95. The number of phenols is 1. The number of hydrogen-bond donors (Lipinski definition) is 2. The van der Waals surface area contributed by atoms with Crippen LogP contribution in [0.2, 0.25) is 5.02 Å². The third-order valence-electron chi connectivity index (χ3n) is 8.86. The number of ether oxygens (including phenoxy) is 1. The normalized spacial score (nSPS) is 13.4. The van der Waals surface area contributed by atoms with Crippen molar-refractivity contribution in [2.45, 2.75) is 38.8 Å². The molecule has 1 saturated heterocycles. The summed E-state index contributed by atoms with van der Waals surface area (Å²) in [7, 11) is 0. The van der Waals surface area contributed by atoms with E-state index >= 15 is 0 Å². The molecule has 0 aliphatic carbocycles. The zero-order valence-electron chi connectivity index (χ0n) is 26.8. The number of hydrogen-bond acceptors (Lipinski definition) is 9. The molecule has 12 nitrogen and oxygen atoms in total. The molecule has 4 heterocycles. The first kappa shape index (κ1) is 32.2. The van der Waals surface area contributed by atoms with Gasteiger partial charge in [0.1, 0.15) is 36.0 Å². The first-order valence-corrected chi connectivity index (χ1v) is 16.6. The molecule has 0 bridgehead atoms. The first-order valence-electron chi connectivity index (χ1n) is 16.2. The molecule has 1 aliphatic heterocycles. The quantitative estimate of drug-likeness (QED) is 0.194. The number of unbranched alkanes of at least 4 members (excludes halogenated alkanes) is 1. The molecule has 49 heavy (non-hydrogen) atoms. The van der Waals surface area contributed by atoms with Crippen LogP contribution in [0.25, 0.3) is 33.2 Å². The van der Waals surface area contributed by atoms with Crippen molar-refractivity contribution >= 4 is 45.3 Å². The Kier molecular flexibility index (Phi) is 9.23. The third-order valence-corrected chi connectivity index (χ3v) is 9.22. The second kappa shape index (κ2) is 14.0. The van der Waals surface area contributed by atoms with Crippen molar-refractivity contribution in [1.29, 1.82) is 0 Å². The highest BCUT2D eigenvalue weighted by Crippen LogP contribution is 2.32. The number of anilines is 1. The van der Waals surface area contributed by atoms with Crippen molar-refractivity contribution in [3.63, 3.8) is 0 Å². The van der Waals surface area contributed by atoms with Gasteiger partial charge in [-0.25, -0.2) is 19.6 Å². The molecule has 3 aromatic carbocycles. The van der Waals surface area contributed by atoms with E-state index in [1.165, 1.54) is 6.33 Å². The number of nitrogen functional groups attached to an aromatic ring is 1. The lowest BCUT2D eigenvalue weighted by molar-refractivity contribution is -0.135. The Labute approximate surface area is 286 Å². The van der Waals surface area contributed by atoms with Gasteiger partial charge in [0.2, 0.25) is 5.91 Å². The number of aromatic nitrogens is 6. The number of benzene rings is 3. The lowest BCUT2D eigenvalue weighted by Gasteiger charge is -2.26. The maximum Gasteiger partial charge on any atom is 0.262 e. The molecule has 6 aromatic rings. The number of fused-ring (bicyclic) bond motifs is 2. The first-order chi connectivity index (χ1) is 23.9. The van der Waals surface area contributed by atoms with Gasteiger partial charge in [-0.1, -0.05) is 54.1 Å². The molecule has 0 saturated carbocycles. The van der Waals surface area contributed by atoms with E-state index in [0.717, 1.165) is 17.5 Å². The van der Waals surface area contributed by atoms with Crippen molar-refractivity contribution in [3.05, 3.63) is 105 Å². The van der Waals surface area contributed by atoms with Crippen molar-refractivity contribution in [2.24, 2.45) is 0 Å². The van der Waals surface area contributed by atoms with Gasteiger partial charge < -0.3 is 20.5 Å². The standard InChI is InChI=1S/C36H35ClN8O4/c37-27-12-3-1-8-25(27)20-44-29(21-45-35-32(34(38)39-22-40-35)33(42-45)24-10-5-11-26(46)19-24)41-28-13-6-9-23(31(28)36(44)48)7-2-4-14-30(47)43-15-17-49-18-16-43/h1,3,5-6,8-13,19,22,46H,2,4,7,14-18,20-21H2,(H2,38,39,40). The minimum absolute atomic E-state index is 0.0832. The number of aryl methyl sites for hydroxylation is 1. The molecule has 1 aliphatic rings. The lowest BCUT2D eigenvalue weighted by atomic mass is 10.0. The highest BCUT2D eigenvalue weighted by Gasteiger charge is 2.22. The number of rotatable bonds is 10. The number of carbonyl (C=O) groups is 1. The molecule has 1 fully saturated rings. The maximum atomic E-state index is 14.5. The van der Waals surface area contributed by atoms with Crippen molar-refractivity contribution in [2.75, 3.05) is 32.0 Å². The van der Waals surface area contributed by atoms with Gasteiger partial charge in [-0.2, -0.15) is 5.10 Å². The summed E-state index contributed by atoms with van der Waals surface area (Å²) >= 11 is 6.59. The Morgan fingerprint density at radius 2 is 1.73 bits per heavy atom. The summed E-state index contributed by atoms with van der Waals surface area (Å²) in [6.07, 6.45) is 3.92. The van der Waals surface area contributed by atoms with Gasteiger partial charge in [0, 0.05) is 30.1 Å². The summed E-state index contributed by atoms with van der Waals surface area (Å²) in [6.45, 7) is 2.70. The number of morpholine rings is 1. The van der Waals surface area contributed by atoms with Gasteiger partial charge in [0.15, 0.2) is 5.65 Å². The van der Waals surface area contributed by atoms with Crippen LogP contribution in [0, 0.1) is 0 Å². The van der Waals surface area contributed by atoms with E-state index in [9.17, 15) is 14.7 Å². The van der Waals surface area contributed by atoms with Crippen LogP contribution in [-0.2, 0) is 29.0 Å². The van der Waals surface area contributed by atoms with Crippen molar-refractivity contribution in [1.82, 2.24) is 34.2 Å². The lowest BCUT2D eigenvalue weighted by Crippen LogP contribution is -2.40. The van der Waals surface area contributed by atoms with Crippen LogP contribution < -0.4 is 11.3 Å².